The van der Waals surface area contributed by atoms with Crippen LogP contribution in [0.25, 0.3) is 0 Å². The van der Waals surface area contributed by atoms with Crippen LogP contribution < -0.4 is 10.6 Å². The van der Waals surface area contributed by atoms with Crippen molar-refractivity contribution in [2.45, 2.75) is 13.8 Å². The minimum Gasteiger partial charge on any atom is -0.325 e. The molecule has 0 fully saturated rings. The highest BCUT2D eigenvalue weighted by Gasteiger charge is 2.01. The molecule has 3 heterocycles. The zero-order chi connectivity index (χ0) is 15.4. The van der Waals surface area contributed by atoms with Gasteiger partial charge in [-0.05, 0) is 49.2 Å². The second kappa shape index (κ2) is 6.22. The number of aryl methyl sites for hydroxylation is 2. The molecule has 3 aromatic rings. The molecule has 0 aliphatic rings. The van der Waals surface area contributed by atoms with Crippen molar-refractivity contribution in [3.8, 4) is 0 Å². The average molecular weight is 291 g/mol. The maximum Gasteiger partial charge on any atom is 0.133 e. The molecule has 0 spiro atoms. The Kier molecular flexibility index (Phi) is 3.96. The zero-order valence-corrected chi connectivity index (χ0v) is 12.5. The Balaban J connectivity index is 1.74. The van der Waals surface area contributed by atoms with Crippen LogP contribution in [0.1, 0.15) is 11.1 Å². The fourth-order valence-electron chi connectivity index (χ4n) is 1.92. The molecule has 0 unspecified atom stereocenters. The van der Waals surface area contributed by atoms with Crippen molar-refractivity contribution in [3.05, 3.63) is 66.0 Å². The average Bonchev–Trinajstić information content (AvgIpc) is 2.52. The number of anilines is 4. The van der Waals surface area contributed by atoms with Crippen LogP contribution in [0, 0.1) is 13.8 Å². The summed E-state index contributed by atoms with van der Waals surface area (Å²) < 4.78 is 0. The molecule has 0 saturated heterocycles. The summed E-state index contributed by atoms with van der Waals surface area (Å²) in [7, 11) is 0. The van der Waals surface area contributed by atoms with Crippen LogP contribution in [-0.4, -0.2) is 15.0 Å². The molecule has 3 aromatic heterocycles. The summed E-state index contributed by atoms with van der Waals surface area (Å²) in [5.41, 5.74) is 2.25. The predicted octanol–water partition coefficient (Wildman–Crippen LogP) is 3.98. The highest BCUT2D eigenvalue weighted by Crippen LogP contribution is 2.17. The normalized spacial score (nSPS) is 10.3. The summed E-state index contributed by atoms with van der Waals surface area (Å²) in [6.45, 7) is 4.02. The maximum absolute atomic E-state index is 4.51. The molecule has 22 heavy (non-hydrogen) atoms. The summed E-state index contributed by atoms with van der Waals surface area (Å²) in [5.74, 6) is 2.99. The van der Waals surface area contributed by atoms with E-state index in [2.05, 4.69) is 25.6 Å². The van der Waals surface area contributed by atoms with Gasteiger partial charge >= 0.3 is 0 Å². The van der Waals surface area contributed by atoms with Crippen LogP contribution in [0.4, 0.5) is 23.3 Å². The monoisotopic (exact) mass is 291 g/mol. The Labute approximate surface area is 129 Å². The lowest BCUT2D eigenvalue weighted by molar-refractivity contribution is 1.21. The molecule has 0 aromatic carbocycles. The molecule has 0 atom stereocenters. The Bertz CT molecular complexity index is 688. The molecule has 3 rings (SSSR count). The van der Waals surface area contributed by atoms with Crippen molar-refractivity contribution in [1.29, 1.82) is 0 Å². The van der Waals surface area contributed by atoms with Crippen LogP contribution in [0.2, 0.25) is 0 Å². The summed E-state index contributed by atoms with van der Waals surface area (Å²) in [4.78, 5) is 13.1. The highest BCUT2D eigenvalue weighted by molar-refractivity contribution is 5.58. The number of aromatic nitrogens is 3. The quantitative estimate of drug-likeness (QED) is 0.761. The van der Waals surface area contributed by atoms with E-state index < -0.39 is 0 Å². The highest BCUT2D eigenvalue weighted by atomic mass is 15.1. The first-order valence-corrected chi connectivity index (χ1v) is 7.05. The van der Waals surface area contributed by atoms with E-state index in [9.17, 15) is 0 Å². The largest absolute Gasteiger partial charge is 0.325 e. The van der Waals surface area contributed by atoms with Crippen LogP contribution in [0.5, 0.6) is 0 Å². The van der Waals surface area contributed by atoms with E-state index in [-0.39, 0.29) is 0 Å². The van der Waals surface area contributed by atoms with Gasteiger partial charge < -0.3 is 10.6 Å². The van der Waals surface area contributed by atoms with Crippen LogP contribution in [0.3, 0.4) is 0 Å². The van der Waals surface area contributed by atoms with E-state index in [4.69, 9.17) is 0 Å². The first kappa shape index (κ1) is 14.0. The molecular weight excluding hydrogens is 274 g/mol. The molecule has 0 amide bonds. The maximum atomic E-state index is 4.51. The van der Waals surface area contributed by atoms with Crippen LogP contribution in [0.15, 0.2) is 54.9 Å². The SMILES string of the molecule is Cc1ccc(Nc2cccc(Nc3ccc(C)cn3)n2)nc1. The molecular formula is C17H17N5. The number of hydrogen-bond donors (Lipinski definition) is 2. The number of nitrogens with zero attached hydrogens (tertiary/aromatic N) is 3. The molecule has 5 nitrogen and oxygen atoms in total. The Morgan fingerprint density at radius 2 is 1.14 bits per heavy atom. The molecule has 0 radical (unpaired) electrons. The van der Waals surface area contributed by atoms with E-state index in [1.165, 1.54) is 0 Å². The van der Waals surface area contributed by atoms with Crippen LogP contribution in [-0.2, 0) is 0 Å². The first-order chi connectivity index (χ1) is 10.7. The molecule has 0 aliphatic heterocycles. The van der Waals surface area contributed by atoms with Gasteiger partial charge in [-0.1, -0.05) is 18.2 Å². The Hall–Kier alpha value is -2.95. The van der Waals surface area contributed by atoms with Crippen molar-refractivity contribution < 1.29 is 0 Å². The Morgan fingerprint density at radius 1 is 0.636 bits per heavy atom. The zero-order valence-electron chi connectivity index (χ0n) is 12.5. The fourth-order valence-corrected chi connectivity index (χ4v) is 1.92. The minimum absolute atomic E-state index is 0.730. The topological polar surface area (TPSA) is 62.7 Å². The van der Waals surface area contributed by atoms with Gasteiger partial charge in [-0.3, -0.25) is 0 Å². The fraction of sp³-hybridized carbons (Fsp3) is 0.118. The number of rotatable bonds is 4. The van der Waals surface area contributed by atoms with Gasteiger partial charge in [0.05, 0.1) is 0 Å². The van der Waals surface area contributed by atoms with Gasteiger partial charge in [0, 0.05) is 12.4 Å². The lowest BCUT2D eigenvalue weighted by atomic mass is 10.3. The van der Waals surface area contributed by atoms with Gasteiger partial charge in [0.1, 0.15) is 23.3 Å². The third-order valence-electron chi connectivity index (χ3n) is 3.08. The van der Waals surface area contributed by atoms with Gasteiger partial charge in [-0.2, -0.15) is 0 Å². The van der Waals surface area contributed by atoms with Crippen molar-refractivity contribution in [2.24, 2.45) is 0 Å². The Morgan fingerprint density at radius 3 is 1.55 bits per heavy atom. The van der Waals surface area contributed by atoms with E-state index in [1.54, 1.807) is 0 Å². The van der Waals surface area contributed by atoms with Gasteiger partial charge in [0.25, 0.3) is 0 Å². The molecule has 0 saturated carbocycles. The summed E-state index contributed by atoms with van der Waals surface area (Å²) >= 11 is 0. The lowest BCUT2D eigenvalue weighted by Gasteiger charge is -2.08. The summed E-state index contributed by atoms with van der Waals surface area (Å²) in [6, 6.07) is 13.6. The van der Waals surface area contributed by atoms with Crippen molar-refractivity contribution in [1.82, 2.24) is 15.0 Å². The molecule has 5 heteroatoms. The number of nitrogens with one attached hydrogen (secondary N) is 2. The molecule has 0 bridgehead atoms. The lowest BCUT2D eigenvalue weighted by Crippen LogP contribution is -2.00. The second-order valence-electron chi connectivity index (χ2n) is 5.10. The van der Waals surface area contributed by atoms with Gasteiger partial charge in [-0.15, -0.1) is 0 Å². The molecule has 2 N–H and O–H groups in total. The van der Waals surface area contributed by atoms with Crippen LogP contribution >= 0.6 is 0 Å². The van der Waals surface area contributed by atoms with E-state index in [0.29, 0.717) is 0 Å². The number of pyridine rings is 3. The summed E-state index contributed by atoms with van der Waals surface area (Å²) in [6.07, 6.45) is 3.64. The first-order valence-electron chi connectivity index (χ1n) is 7.05. The van der Waals surface area contributed by atoms with E-state index in [1.807, 2.05) is 68.7 Å². The van der Waals surface area contributed by atoms with E-state index in [0.717, 1.165) is 34.4 Å². The summed E-state index contributed by atoms with van der Waals surface area (Å²) in [5, 5.41) is 6.37. The van der Waals surface area contributed by atoms with Crippen molar-refractivity contribution in [2.75, 3.05) is 10.6 Å². The second-order valence-corrected chi connectivity index (χ2v) is 5.10. The van der Waals surface area contributed by atoms with Gasteiger partial charge in [0.2, 0.25) is 0 Å². The van der Waals surface area contributed by atoms with Gasteiger partial charge in [-0.25, -0.2) is 15.0 Å². The third kappa shape index (κ3) is 3.58. The van der Waals surface area contributed by atoms with Gasteiger partial charge in [0.15, 0.2) is 0 Å². The predicted molar refractivity (Wildman–Crippen MR) is 88.8 cm³/mol. The third-order valence-corrected chi connectivity index (χ3v) is 3.08. The van der Waals surface area contributed by atoms with E-state index >= 15 is 0 Å². The standard InChI is InChI=1S/C17H17N5/c1-12-6-8-14(18-10-12)20-16-4-3-5-17(22-16)21-15-9-7-13(2)11-19-15/h3-11H,1-2H3,(H2,18,19,20,21,22). The molecule has 0 aliphatic carbocycles. The minimum atomic E-state index is 0.730. The molecule has 110 valence electrons. The smallest absolute Gasteiger partial charge is 0.133 e. The van der Waals surface area contributed by atoms with Crippen molar-refractivity contribution >= 4 is 23.3 Å². The number of hydrogen-bond acceptors (Lipinski definition) is 5. The van der Waals surface area contributed by atoms with Crippen molar-refractivity contribution in [3.63, 3.8) is 0 Å².